The first-order valence-corrected chi connectivity index (χ1v) is 10.8. The quantitative estimate of drug-likeness (QED) is 0.839. The lowest BCUT2D eigenvalue weighted by atomic mass is 9.86. The number of pyridine rings is 1. The van der Waals surface area contributed by atoms with E-state index in [0.717, 1.165) is 57.6 Å². The second kappa shape index (κ2) is 8.67. The summed E-state index contributed by atoms with van der Waals surface area (Å²) in [5, 5.41) is 10.5. The minimum Gasteiger partial charge on any atom is -0.481 e. The molecule has 0 unspecified atom stereocenters. The van der Waals surface area contributed by atoms with Crippen molar-refractivity contribution in [3.8, 4) is 0 Å². The molecule has 6 heteroatoms. The molecular formula is C23H32N4O2. The van der Waals surface area contributed by atoms with Crippen LogP contribution in [0, 0.1) is 12.8 Å². The predicted molar refractivity (Wildman–Crippen MR) is 117 cm³/mol. The standard InChI is InChI=1S/C23H32N4O2/c1-17-3-5-20-19(15-17)22(7-9-24-20)27-10-8-21(18(16-27)4-6-23(28)29)26-13-11-25(2)12-14-26/h3,5,7,9,15,18,21H,4,6,8,10-14,16H2,1-2H3,(H,28,29)/t18-,21+/m0/s1. The maximum absolute atomic E-state index is 11.3. The van der Waals surface area contributed by atoms with Crippen molar-refractivity contribution in [3.63, 3.8) is 0 Å². The van der Waals surface area contributed by atoms with Gasteiger partial charge >= 0.3 is 5.97 Å². The lowest BCUT2D eigenvalue weighted by Crippen LogP contribution is -2.56. The fourth-order valence-corrected chi connectivity index (χ4v) is 4.99. The summed E-state index contributed by atoms with van der Waals surface area (Å²) in [6.07, 6.45) is 3.97. The zero-order valence-electron chi connectivity index (χ0n) is 17.5. The first kappa shape index (κ1) is 20.1. The number of likely N-dealkylation sites (N-methyl/N-ethyl adjacent to an activating group) is 1. The Kier molecular flexibility index (Phi) is 6.01. The summed E-state index contributed by atoms with van der Waals surface area (Å²) >= 11 is 0. The van der Waals surface area contributed by atoms with E-state index >= 15 is 0 Å². The number of piperazine rings is 1. The third kappa shape index (κ3) is 4.54. The van der Waals surface area contributed by atoms with Gasteiger partial charge in [0.25, 0.3) is 0 Å². The van der Waals surface area contributed by atoms with E-state index in [-0.39, 0.29) is 6.42 Å². The molecule has 0 saturated carbocycles. The first-order chi connectivity index (χ1) is 14.0. The zero-order valence-corrected chi connectivity index (χ0v) is 17.5. The molecule has 156 valence electrons. The number of fused-ring (bicyclic) bond motifs is 1. The minimum absolute atomic E-state index is 0.249. The molecule has 29 heavy (non-hydrogen) atoms. The van der Waals surface area contributed by atoms with E-state index in [0.29, 0.717) is 12.0 Å². The third-order valence-corrected chi connectivity index (χ3v) is 6.64. The normalized spacial score (nSPS) is 24.1. The molecule has 0 aliphatic carbocycles. The molecule has 2 fully saturated rings. The molecule has 4 rings (SSSR count). The summed E-state index contributed by atoms with van der Waals surface area (Å²) in [6, 6.07) is 9.01. The number of carboxylic acid groups (broad SMARTS) is 1. The summed E-state index contributed by atoms with van der Waals surface area (Å²) in [5.74, 6) is -0.319. The number of aromatic nitrogens is 1. The Morgan fingerprint density at radius 1 is 1.17 bits per heavy atom. The van der Waals surface area contributed by atoms with E-state index in [1.807, 2.05) is 6.20 Å². The lowest BCUT2D eigenvalue weighted by Gasteiger charge is -2.47. The van der Waals surface area contributed by atoms with Crippen LogP contribution in [0.15, 0.2) is 30.5 Å². The Morgan fingerprint density at radius 2 is 1.97 bits per heavy atom. The zero-order chi connectivity index (χ0) is 20.4. The van der Waals surface area contributed by atoms with Gasteiger partial charge in [0.15, 0.2) is 0 Å². The molecule has 0 spiro atoms. The van der Waals surface area contributed by atoms with Gasteiger partial charge in [-0.1, -0.05) is 11.6 Å². The van der Waals surface area contributed by atoms with Crippen LogP contribution in [0.2, 0.25) is 0 Å². The SMILES string of the molecule is Cc1ccc2nccc(N3CC[C@@H](N4CCN(C)CC4)[C@@H](CCC(=O)O)C3)c2c1. The van der Waals surface area contributed by atoms with E-state index in [1.165, 1.54) is 16.6 Å². The summed E-state index contributed by atoms with van der Waals surface area (Å²) < 4.78 is 0. The number of rotatable bonds is 5. The molecular weight excluding hydrogens is 364 g/mol. The molecule has 1 aromatic heterocycles. The number of nitrogens with zero attached hydrogens (tertiary/aromatic N) is 4. The van der Waals surface area contributed by atoms with E-state index in [1.54, 1.807) is 0 Å². The Hall–Kier alpha value is -2.18. The predicted octanol–water partition coefficient (Wildman–Crippen LogP) is 2.85. The first-order valence-electron chi connectivity index (χ1n) is 10.8. The molecule has 3 heterocycles. The molecule has 1 aromatic carbocycles. The van der Waals surface area contributed by atoms with Crippen LogP contribution in [-0.2, 0) is 4.79 Å². The van der Waals surface area contributed by atoms with Gasteiger partial charge in [0.2, 0.25) is 0 Å². The van der Waals surface area contributed by atoms with Crippen molar-refractivity contribution in [3.05, 3.63) is 36.0 Å². The van der Waals surface area contributed by atoms with Gasteiger partial charge in [0.1, 0.15) is 0 Å². The molecule has 0 amide bonds. The van der Waals surface area contributed by atoms with Crippen LogP contribution in [0.5, 0.6) is 0 Å². The number of carboxylic acids is 1. The number of hydrogen-bond donors (Lipinski definition) is 1. The molecule has 1 N–H and O–H groups in total. The number of carbonyl (C=O) groups is 1. The van der Waals surface area contributed by atoms with Crippen molar-refractivity contribution >= 4 is 22.6 Å². The third-order valence-electron chi connectivity index (χ3n) is 6.64. The van der Waals surface area contributed by atoms with Crippen molar-refractivity contribution in [1.82, 2.24) is 14.8 Å². The highest BCUT2D eigenvalue weighted by Gasteiger charge is 2.35. The van der Waals surface area contributed by atoms with Gasteiger partial charge in [-0.3, -0.25) is 14.7 Å². The highest BCUT2D eigenvalue weighted by molar-refractivity contribution is 5.92. The van der Waals surface area contributed by atoms with Gasteiger partial charge in [-0.2, -0.15) is 0 Å². The van der Waals surface area contributed by atoms with Crippen LogP contribution in [0.25, 0.3) is 10.9 Å². The Bertz CT molecular complexity index is 863. The van der Waals surface area contributed by atoms with E-state index in [4.69, 9.17) is 0 Å². The van der Waals surface area contributed by atoms with Crippen LogP contribution >= 0.6 is 0 Å². The largest absolute Gasteiger partial charge is 0.481 e. The maximum Gasteiger partial charge on any atom is 0.303 e. The fraction of sp³-hybridized carbons (Fsp3) is 0.565. The molecule has 0 bridgehead atoms. The fourth-order valence-electron chi connectivity index (χ4n) is 4.99. The topological polar surface area (TPSA) is 59.9 Å². The number of benzene rings is 1. The Balaban J connectivity index is 1.57. The van der Waals surface area contributed by atoms with Gasteiger partial charge in [-0.15, -0.1) is 0 Å². The molecule has 2 atom stereocenters. The highest BCUT2D eigenvalue weighted by Crippen LogP contribution is 2.33. The number of piperidine rings is 1. The second-order valence-corrected chi connectivity index (χ2v) is 8.68. The van der Waals surface area contributed by atoms with E-state index in [2.05, 4.69) is 57.9 Å². The van der Waals surface area contributed by atoms with E-state index in [9.17, 15) is 9.90 Å². The summed E-state index contributed by atoms with van der Waals surface area (Å²) in [5.41, 5.74) is 3.49. The Labute approximate surface area is 173 Å². The minimum atomic E-state index is -0.691. The Morgan fingerprint density at radius 3 is 2.72 bits per heavy atom. The lowest BCUT2D eigenvalue weighted by molar-refractivity contribution is -0.137. The van der Waals surface area contributed by atoms with Crippen molar-refractivity contribution in [2.45, 2.75) is 32.2 Å². The molecule has 6 nitrogen and oxygen atoms in total. The van der Waals surface area contributed by atoms with Gasteiger partial charge in [0.05, 0.1) is 5.52 Å². The van der Waals surface area contributed by atoms with E-state index < -0.39 is 5.97 Å². The average molecular weight is 397 g/mol. The number of anilines is 1. The van der Waals surface area contributed by atoms with Crippen LogP contribution in [0.4, 0.5) is 5.69 Å². The van der Waals surface area contributed by atoms with Gasteiger partial charge in [0, 0.05) is 69.0 Å². The highest BCUT2D eigenvalue weighted by atomic mass is 16.4. The van der Waals surface area contributed by atoms with Crippen LogP contribution in [-0.4, -0.2) is 78.2 Å². The maximum atomic E-state index is 11.3. The van der Waals surface area contributed by atoms with Crippen LogP contribution < -0.4 is 4.90 Å². The molecule has 2 aromatic rings. The molecule has 2 aliphatic heterocycles. The van der Waals surface area contributed by atoms with Crippen molar-refractivity contribution in [2.24, 2.45) is 5.92 Å². The molecule has 2 aliphatic rings. The van der Waals surface area contributed by atoms with Crippen LogP contribution in [0.3, 0.4) is 0 Å². The summed E-state index contributed by atoms with van der Waals surface area (Å²) in [7, 11) is 2.18. The van der Waals surface area contributed by atoms with Crippen molar-refractivity contribution < 1.29 is 9.90 Å². The van der Waals surface area contributed by atoms with Crippen LogP contribution in [0.1, 0.15) is 24.8 Å². The molecule has 0 radical (unpaired) electrons. The summed E-state index contributed by atoms with van der Waals surface area (Å²) in [4.78, 5) is 23.3. The smallest absolute Gasteiger partial charge is 0.303 e. The number of aliphatic carboxylic acids is 1. The second-order valence-electron chi connectivity index (χ2n) is 8.68. The number of hydrogen-bond acceptors (Lipinski definition) is 5. The van der Waals surface area contributed by atoms with Crippen molar-refractivity contribution in [2.75, 3.05) is 51.2 Å². The van der Waals surface area contributed by atoms with Crippen molar-refractivity contribution in [1.29, 1.82) is 0 Å². The monoisotopic (exact) mass is 396 g/mol. The van der Waals surface area contributed by atoms with Gasteiger partial charge in [-0.25, -0.2) is 0 Å². The number of aryl methyl sites for hydroxylation is 1. The van der Waals surface area contributed by atoms with Gasteiger partial charge < -0.3 is 14.9 Å². The average Bonchev–Trinajstić information content (AvgIpc) is 2.72. The molecule has 2 saturated heterocycles. The van der Waals surface area contributed by atoms with Gasteiger partial charge in [-0.05, 0) is 50.9 Å². The summed E-state index contributed by atoms with van der Waals surface area (Å²) in [6.45, 7) is 8.40.